The molecule has 11 heteroatoms. The number of carboxylic acids is 1. The molecule has 0 saturated heterocycles. The summed E-state index contributed by atoms with van der Waals surface area (Å²) in [5, 5.41) is 16.7. The van der Waals surface area contributed by atoms with Gasteiger partial charge in [-0.25, -0.2) is 9.18 Å². The van der Waals surface area contributed by atoms with Crippen LogP contribution in [0.3, 0.4) is 0 Å². The number of anilines is 1. The van der Waals surface area contributed by atoms with Gasteiger partial charge in [0.2, 0.25) is 5.91 Å². The van der Waals surface area contributed by atoms with Gasteiger partial charge in [-0.05, 0) is 68.9 Å². The summed E-state index contributed by atoms with van der Waals surface area (Å²) in [4.78, 5) is 25.0. The lowest BCUT2D eigenvalue weighted by molar-refractivity contribution is -0.868. The van der Waals surface area contributed by atoms with Gasteiger partial charge in [0.05, 0.1) is 56.5 Å². The Morgan fingerprint density at radius 1 is 1.12 bits per heavy atom. The van der Waals surface area contributed by atoms with Crippen LogP contribution in [0.4, 0.5) is 23.2 Å². The summed E-state index contributed by atoms with van der Waals surface area (Å²) in [7, 11) is 6.54. The monoisotopic (exact) mass is 575 g/mol. The molecule has 0 unspecified atom stereocenters. The van der Waals surface area contributed by atoms with Crippen molar-refractivity contribution in [3.05, 3.63) is 71.3 Å². The summed E-state index contributed by atoms with van der Waals surface area (Å²) in [6.07, 6.45) is 2.44. The molecule has 5 rings (SSSR count). The smallest absolute Gasteiger partial charge is 0.416 e. The molecule has 1 aromatic heterocycles. The largest absolute Gasteiger partial charge is 0.478 e. The maximum absolute atomic E-state index is 14.5. The van der Waals surface area contributed by atoms with Crippen molar-refractivity contribution in [3.63, 3.8) is 0 Å². The first-order valence-electron chi connectivity index (χ1n) is 13.6. The van der Waals surface area contributed by atoms with Gasteiger partial charge in [0.15, 0.2) is 0 Å². The SMILES string of the molecule is CC[N+](C)(C)C.O=C(O)c1cc(NC(=O)C2(c3ccc(C(F)(F)F)cc3F)CC2)ccc1-c1cnn(C2CCC2)c1. The predicted molar refractivity (Wildman–Crippen MR) is 147 cm³/mol. The van der Waals surface area contributed by atoms with E-state index in [1.165, 1.54) is 12.6 Å². The van der Waals surface area contributed by atoms with Crippen molar-refractivity contribution < 1.29 is 36.7 Å². The summed E-state index contributed by atoms with van der Waals surface area (Å²) < 4.78 is 56.1. The number of aromatic nitrogens is 2. The van der Waals surface area contributed by atoms with Gasteiger partial charge >= 0.3 is 12.1 Å². The summed E-state index contributed by atoms with van der Waals surface area (Å²) >= 11 is 0. The summed E-state index contributed by atoms with van der Waals surface area (Å²) in [6.45, 7) is 3.39. The zero-order valence-electron chi connectivity index (χ0n) is 23.6. The second-order valence-corrected chi connectivity index (χ2v) is 11.7. The molecular formula is C30H35F4N4O3+. The second kappa shape index (κ2) is 11.3. The van der Waals surface area contributed by atoms with E-state index in [9.17, 15) is 32.3 Å². The molecule has 7 nitrogen and oxygen atoms in total. The minimum absolute atomic E-state index is 0.0403. The highest BCUT2D eigenvalue weighted by Crippen LogP contribution is 2.50. The van der Waals surface area contributed by atoms with Gasteiger partial charge in [-0.3, -0.25) is 9.48 Å². The van der Waals surface area contributed by atoms with Gasteiger partial charge < -0.3 is 14.9 Å². The third-order valence-electron chi connectivity index (χ3n) is 7.81. The van der Waals surface area contributed by atoms with Crippen molar-refractivity contribution >= 4 is 17.6 Å². The number of hydrogen-bond acceptors (Lipinski definition) is 3. The van der Waals surface area contributed by atoms with Crippen LogP contribution in [0.1, 0.15) is 66.6 Å². The van der Waals surface area contributed by atoms with Crippen LogP contribution < -0.4 is 5.32 Å². The van der Waals surface area contributed by atoms with Crippen LogP contribution in [0, 0.1) is 5.82 Å². The minimum atomic E-state index is -4.69. The van der Waals surface area contributed by atoms with Crippen LogP contribution in [-0.2, 0) is 16.4 Å². The topological polar surface area (TPSA) is 84.2 Å². The number of amides is 1. The standard InChI is InChI=1S/C25H21F4N3O3.C5H14N/c26-21-10-15(25(27,28)29)4-7-20(21)24(8-9-24)23(35)31-16-5-6-18(19(11-16)22(33)34)14-12-30-32(13-14)17-2-1-3-17;1-5-6(2,3)4/h4-7,10-13,17H,1-3,8-9H2,(H,31,35)(H,33,34);5H2,1-4H3/q;+1. The van der Waals surface area contributed by atoms with E-state index in [4.69, 9.17) is 0 Å². The molecule has 2 N–H and O–H groups in total. The normalized spacial score (nSPS) is 16.3. The van der Waals surface area contributed by atoms with Crippen molar-refractivity contribution in [1.82, 2.24) is 9.78 Å². The van der Waals surface area contributed by atoms with Gasteiger partial charge in [-0.15, -0.1) is 0 Å². The van der Waals surface area contributed by atoms with E-state index in [1.54, 1.807) is 24.5 Å². The number of hydrogen-bond donors (Lipinski definition) is 2. The summed E-state index contributed by atoms with van der Waals surface area (Å²) in [5.74, 6) is -2.89. The van der Waals surface area contributed by atoms with Crippen molar-refractivity contribution in [1.29, 1.82) is 0 Å². The molecular weight excluding hydrogens is 540 g/mol. The number of nitrogens with zero attached hydrogens (tertiary/aromatic N) is 3. The molecule has 0 aliphatic heterocycles. The maximum Gasteiger partial charge on any atom is 0.416 e. The minimum Gasteiger partial charge on any atom is -0.478 e. The van der Waals surface area contributed by atoms with Crippen molar-refractivity contribution in [3.8, 4) is 11.1 Å². The van der Waals surface area contributed by atoms with Crippen molar-refractivity contribution in [2.24, 2.45) is 0 Å². The third kappa shape index (κ3) is 6.78. The van der Waals surface area contributed by atoms with Gasteiger partial charge in [0.25, 0.3) is 0 Å². The highest BCUT2D eigenvalue weighted by atomic mass is 19.4. The molecule has 2 aliphatic carbocycles. The average molecular weight is 576 g/mol. The van der Waals surface area contributed by atoms with E-state index in [1.807, 2.05) is 4.68 Å². The van der Waals surface area contributed by atoms with Crippen LogP contribution in [0.5, 0.6) is 0 Å². The van der Waals surface area contributed by atoms with E-state index >= 15 is 0 Å². The Kier molecular flexibility index (Phi) is 8.31. The van der Waals surface area contributed by atoms with E-state index in [2.05, 4.69) is 38.5 Å². The molecule has 2 aromatic carbocycles. The lowest BCUT2D eigenvalue weighted by Crippen LogP contribution is -2.33. The molecule has 2 aliphatic rings. The molecule has 2 saturated carbocycles. The molecule has 0 atom stereocenters. The third-order valence-corrected chi connectivity index (χ3v) is 7.81. The van der Waals surface area contributed by atoms with Crippen LogP contribution >= 0.6 is 0 Å². The molecule has 2 fully saturated rings. The maximum atomic E-state index is 14.5. The van der Waals surface area contributed by atoms with E-state index < -0.39 is 34.8 Å². The van der Waals surface area contributed by atoms with Gasteiger partial charge in [0, 0.05) is 23.0 Å². The van der Waals surface area contributed by atoms with Gasteiger partial charge in [-0.2, -0.15) is 18.3 Å². The Bertz CT molecular complexity index is 1430. The first kappa shape index (κ1) is 30.2. The highest BCUT2D eigenvalue weighted by molar-refractivity contribution is 6.03. The predicted octanol–water partition coefficient (Wildman–Crippen LogP) is 6.51. The Hall–Kier alpha value is -3.73. The fourth-order valence-corrected chi connectivity index (χ4v) is 4.45. The van der Waals surface area contributed by atoms with Crippen molar-refractivity contribution in [2.45, 2.75) is 56.7 Å². The number of rotatable bonds is 7. The number of nitrogens with one attached hydrogen (secondary N) is 1. The number of carboxylic acid groups (broad SMARTS) is 1. The van der Waals surface area contributed by atoms with Crippen LogP contribution in [-0.4, -0.2) is 58.9 Å². The molecule has 41 heavy (non-hydrogen) atoms. The fraction of sp³-hybridized carbons (Fsp3) is 0.433. The lowest BCUT2D eigenvalue weighted by atomic mass is 9.92. The van der Waals surface area contributed by atoms with Crippen LogP contribution in [0.2, 0.25) is 0 Å². The number of carbonyl (C=O) groups is 2. The number of quaternary nitrogens is 1. The first-order chi connectivity index (χ1) is 19.1. The van der Waals surface area contributed by atoms with Crippen molar-refractivity contribution in [2.75, 3.05) is 33.0 Å². The number of aromatic carboxylic acids is 1. The Balaban J connectivity index is 0.000000585. The van der Waals surface area contributed by atoms with E-state index in [0.717, 1.165) is 35.9 Å². The first-order valence-corrected chi connectivity index (χ1v) is 13.6. The molecule has 0 spiro atoms. The number of benzene rings is 2. The average Bonchev–Trinajstić information content (AvgIpc) is 3.53. The lowest BCUT2D eigenvalue weighted by Gasteiger charge is -2.25. The number of carbonyl (C=O) groups excluding carboxylic acids is 1. The summed E-state index contributed by atoms with van der Waals surface area (Å²) in [6, 6.07) is 6.89. The quantitative estimate of drug-likeness (QED) is 0.248. The number of halogens is 4. The Morgan fingerprint density at radius 3 is 2.27 bits per heavy atom. The van der Waals surface area contributed by atoms with E-state index in [-0.39, 0.29) is 29.7 Å². The molecule has 3 aromatic rings. The van der Waals surface area contributed by atoms with Crippen LogP contribution in [0.25, 0.3) is 11.1 Å². The molecule has 0 radical (unpaired) electrons. The molecule has 0 bridgehead atoms. The molecule has 1 heterocycles. The highest BCUT2D eigenvalue weighted by Gasteiger charge is 2.53. The second-order valence-electron chi connectivity index (χ2n) is 11.7. The van der Waals surface area contributed by atoms with Gasteiger partial charge in [-0.1, -0.05) is 12.1 Å². The molecule has 220 valence electrons. The Labute approximate surface area is 236 Å². The zero-order valence-corrected chi connectivity index (χ0v) is 23.6. The molecule has 1 amide bonds. The van der Waals surface area contributed by atoms with E-state index in [0.29, 0.717) is 23.2 Å². The summed E-state index contributed by atoms with van der Waals surface area (Å²) in [5.41, 5.74) is -1.30. The van der Waals surface area contributed by atoms with Gasteiger partial charge in [0.1, 0.15) is 5.82 Å². The fourth-order valence-electron chi connectivity index (χ4n) is 4.45. The Morgan fingerprint density at radius 2 is 1.78 bits per heavy atom. The van der Waals surface area contributed by atoms with Crippen LogP contribution in [0.15, 0.2) is 48.8 Å². The number of alkyl halides is 3. The zero-order chi connectivity index (χ0) is 30.2.